The predicted octanol–water partition coefficient (Wildman–Crippen LogP) is 1.94. The van der Waals surface area contributed by atoms with E-state index in [1.165, 1.54) is 6.92 Å². The van der Waals surface area contributed by atoms with Gasteiger partial charge in [-0.3, -0.25) is 9.59 Å². The van der Waals surface area contributed by atoms with Crippen LogP contribution in [0.25, 0.3) is 0 Å². The van der Waals surface area contributed by atoms with Gasteiger partial charge in [0.15, 0.2) is 0 Å². The Bertz CT molecular complexity index is 346. The van der Waals surface area contributed by atoms with Gasteiger partial charge in [0.2, 0.25) is 5.78 Å². The fourth-order valence-electron chi connectivity index (χ4n) is 0.893. The van der Waals surface area contributed by atoms with Gasteiger partial charge in [-0.15, -0.1) is 11.8 Å². The molecule has 1 N–H and O–H groups in total. The molecule has 0 unspecified atom stereocenters. The van der Waals surface area contributed by atoms with Crippen LogP contribution in [0.5, 0.6) is 0 Å². The summed E-state index contributed by atoms with van der Waals surface area (Å²) >= 11 is 1.62. The third-order valence-electron chi connectivity index (χ3n) is 1.67. The van der Waals surface area contributed by atoms with E-state index in [-0.39, 0.29) is 0 Å². The van der Waals surface area contributed by atoms with E-state index in [2.05, 4.69) is 5.32 Å². The lowest BCUT2D eigenvalue weighted by Gasteiger charge is -2.02. The fourth-order valence-corrected chi connectivity index (χ4v) is 1.30. The molecule has 0 bridgehead atoms. The number of nitrogens with one attached hydrogen (secondary N) is 1. The van der Waals surface area contributed by atoms with Crippen molar-refractivity contribution in [2.75, 3.05) is 11.6 Å². The molecule has 14 heavy (non-hydrogen) atoms. The van der Waals surface area contributed by atoms with Crippen LogP contribution in [0.15, 0.2) is 29.2 Å². The summed E-state index contributed by atoms with van der Waals surface area (Å²) in [6, 6.07) is 7.32. The number of carbonyl (C=O) groups excluding carboxylic acids is 2. The lowest BCUT2D eigenvalue weighted by atomic mass is 10.3. The van der Waals surface area contributed by atoms with Crippen LogP contribution in [0.4, 0.5) is 5.69 Å². The van der Waals surface area contributed by atoms with Crippen LogP contribution >= 0.6 is 11.8 Å². The van der Waals surface area contributed by atoms with Gasteiger partial charge in [0, 0.05) is 17.5 Å². The van der Waals surface area contributed by atoms with Crippen LogP contribution in [0.1, 0.15) is 6.92 Å². The summed E-state index contributed by atoms with van der Waals surface area (Å²) in [7, 11) is 0. The number of benzene rings is 1. The number of carbonyl (C=O) groups is 2. The summed E-state index contributed by atoms with van der Waals surface area (Å²) in [5.74, 6) is -1.07. The van der Waals surface area contributed by atoms with Crippen molar-refractivity contribution in [3.8, 4) is 0 Å². The normalized spacial score (nSPS) is 9.57. The molecule has 0 heterocycles. The first-order valence-electron chi connectivity index (χ1n) is 4.09. The average Bonchev–Trinajstić information content (AvgIpc) is 2.19. The van der Waals surface area contributed by atoms with Crippen LogP contribution in [-0.2, 0) is 9.59 Å². The van der Waals surface area contributed by atoms with Crippen molar-refractivity contribution in [1.29, 1.82) is 0 Å². The molecule has 0 fully saturated rings. The number of hydrogen-bond acceptors (Lipinski definition) is 3. The van der Waals surface area contributed by atoms with E-state index in [4.69, 9.17) is 0 Å². The molecule has 1 rings (SSSR count). The third kappa shape index (κ3) is 2.88. The van der Waals surface area contributed by atoms with E-state index >= 15 is 0 Å². The lowest BCUT2D eigenvalue weighted by molar-refractivity contribution is -0.133. The van der Waals surface area contributed by atoms with Gasteiger partial charge in [-0.1, -0.05) is 0 Å². The zero-order valence-corrected chi connectivity index (χ0v) is 8.85. The first kappa shape index (κ1) is 10.8. The molecule has 1 aromatic carbocycles. The van der Waals surface area contributed by atoms with Crippen molar-refractivity contribution >= 4 is 29.1 Å². The summed E-state index contributed by atoms with van der Waals surface area (Å²) in [6.45, 7) is 1.24. The highest BCUT2D eigenvalue weighted by Gasteiger charge is 2.06. The molecule has 74 valence electrons. The second-order valence-electron chi connectivity index (χ2n) is 2.74. The Balaban J connectivity index is 2.69. The molecule has 1 aromatic rings. The molecule has 0 spiro atoms. The van der Waals surface area contributed by atoms with Gasteiger partial charge >= 0.3 is 0 Å². The Morgan fingerprint density at radius 2 is 1.79 bits per heavy atom. The smallest absolute Gasteiger partial charge is 0.291 e. The molecule has 3 nitrogen and oxygen atoms in total. The van der Waals surface area contributed by atoms with Crippen LogP contribution in [0.2, 0.25) is 0 Å². The average molecular weight is 209 g/mol. The quantitative estimate of drug-likeness (QED) is 0.611. The highest BCUT2D eigenvalue weighted by atomic mass is 32.2. The standard InChI is InChI=1S/C10H11NO2S/c1-7(12)10(13)11-8-3-5-9(14-2)6-4-8/h3-6H,1-2H3,(H,11,13). The molecule has 0 saturated heterocycles. The number of thioether (sulfide) groups is 1. The zero-order chi connectivity index (χ0) is 10.6. The van der Waals surface area contributed by atoms with E-state index in [0.29, 0.717) is 5.69 Å². The fraction of sp³-hybridized carbons (Fsp3) is 0.200. The molecule has 0 aliphatic heterocycles. The third-order valence-corrected chi connectivity index (χ3v) is 2.41. The van der Waals surface area contributed by atoms with Crippen molar-refractivity contribution in [1.82, 2.24) is 0 Å². The maximum atomic E-state index is 11.0. The van der Waals surface area contributed by atoms with Crippen LogP contribution in [-0.4, -0.2) is 17.9 Å². The summed E-state index contributed by atoms with van der Waals surface area (Å²) < 4.78 is 0. The largest absolute Gasteiger partial charge is 0.319 e. The van der Waals surface area contributed by atoms with E-state index < -0.39 is 11.7 Å². The van der Waals surface area contributed by atoms with Crippen LogP contribution in [0, 0.1) is 0 Å². The van der Waals surface area contributed by atoms with Crippen molar-refractivity contribution in [2.45, 2.75) is 11.8 Å². The summed E-state index contributed by atoms with van der Waals surface area (Å²) in [6.07, 6.45) is 1.98. The molecule has 0 radical (unpaired) electrons. The number of Topliss-reactive ketones (excluding diaryl/α,β-unsaturated/α-hetero) is 1. The molecule has 1 amide bonds. The highest BCUT2D eigenvalue weighted by molar-refractivity contribution is 7.98. The number of anilines is 1. The van der Waals surface area contributed by atoms with E-state index in [9.17, 15) is 9.59 Å². The maximum Gasteiger partial charge on any atom is 0.291 e. The van der Waals surface area contributed by atoms with Crippen molar-refractivity contribution in [3.63, 3.8) is 0 Å². The first-order chi connectivity index (χ1) is 6.63. The summed E-state index contributed by atoms with van der Waals surface area (Å²) in [4.78, 5) is 22.8. The number of amides is 1. The van der Waals surface area contributed by atoms with E-state index in [1.807, 2.05) is 18.4 Å². The van der Waals surface area contributed by atoms with E-state index in [0.717, 1.165) is 4.90 Å². The second-order valence-corrected chi connectivity index (χ2v) is 3.62. The van der Waals surface area contributed by atoms with Gasteiger partial charge < -0.3 is 5.32 Å². The molecular weight excluding hydrogens is 198 g/mol. The van der Waals surface area contributed by atoms with Gasteiger partial charge in [0.1, 0.15) is 0 Å². The van der Waals surface area contributed by atoms with Crippen LogP contribution in [0.3, 0.4) is 0 Å². The number of hydrogen-bond donors (Lipinski definition) is 1. The van der Waals surface area contributed by atoms with Crippen molar-refractivity contribution < 1.29 is 9.59 Å². The minimum Gasteiger partial charge on any atom is -0.319 e. The predicted molar refractivity (Wildman–Crippen MR) is 57.5 cm³/mol. The minimum atomic E-state index is -0.582. The Labute approximate surface area is 86.9 Å². The lowest BCUT2D eigenvalue weighted by Crippen LogP contribution is -2.19. The molecule has 0 aliphatic rings. The van der Waals surface area contributed by atoms with Crippen molar-refractivity contribution in [3.05, 3.63) is 24.3 Å². The number of rotatable bonds is 3. The molecule has 4 heteroatoms. The Morgan fingerprint density at radius 3 is 2.21 bits per heavy atom. The molecule has 0 aliphatic carbocycles. The van der Waals surface area contributed by atoms with Gasteiger partial charge in [-0.05, 0) is 30.5 Å². The maximum absolute atomic E-state index is 11.0. The van der Waals surface area contributed by atoms with Gasteiger partial charge in [0.05, 0.1) is 0 Å². The van der Waals surface area contributed by atoms with Gasteiger partial charge in [0.25, 0.3) is 5.91 Å². The van der Waals surface area contributed by atoms with Crippen LogP contribution < -0.4 is 5.32 Å². The first-order valence-corrected chi connectivity index (χ1v) is 5.32. The SMILES string of the molecule is CSc1ccc(NC(=O)C(C)=O)cc1. The second kappa shape index (κ2) is 4.81. The highest BCUT2D eigenvalue weighted by Crippen LogP contribution is 2.17. The number of ketones is 1. The Morgan fingerprint density at radius 1 is 1.21 bits per heavy atom. The van der Waals surface area contributed by atoms with Gasteiger partial charge in [-0.25, -0.2) is 0 Å². The summed E-state index contributed by atoms with van der Waals surface area (Å²) in [5, 5.41) is 2.49. The minimum absolute atomic E-state index is 0.487. The Kier molecular flexibility index (Phi) is 3.71. The topological polar surface area (TPSA) is 46.2 Å². The molecule has 0 aromatic heterocycles. The Hall–Kier alpha value is -1.29. The molecule has 0 saturated carbocycles. The summed E-state index contributed by atoms with van der Waals surface area (Å²) in [5.41, 5.74) is 0.642. The van der Waals surface area contributed by atoms with E-state index in [1.54, 1.807) is 23.9 Å². The monoisotopic (exact) mass is 209 g/mol. The molecular formula is C10H11NO2S. The van der Waals surface area contributed by atoms with Crippen molar-refractivity contribution in [2.24, 2.45) is 0 Å². The molecule has 0 atom stereocenters. The van der Waals surface area contributed by atoms with Gasteiger partial charge in [-0.2, -0.15) is 0 Å². The zero-order valence-electron chi connectivity index (χ0n) is 8.03.